The Bertz CT molecular complexity index is 338. The van der Waals surface area contributed by atoms with Gasteiger partial charge in [0.25, 0.3) is 0 Å². The number of aliphatic hydroxyl groups excluding tert-OH is 1. The summed E-state index contributed by atoms with van der Waals surface area (Å²) in [4.78, 5) is 12.6. The lowest BCUT2D eigenvalue weighted by Crippen LogP contribution is -2.35. The fourth-order valence-electron chi connectivity index (χ4n) is 1.30. The molecule has 5 heteroatoms. The normalized spacial score (nSPS) is 12.2. The Balaban J connectivity index is 2.26. The van der Waals surface area contributed by atoms with Crippen LogP contribution in [-0.4, -0.2) is 23.8 Å². The quantitative estimate of drug-likeness (QED) is 0.742. The van der Waals surface area contributed by atoms with E-state index in [0.29, 0.717) is 13.0 Å². The molecular formula is C11H18N2O2S. The third kappa shape index (κ3) is 4.63. The molecule has 0 aromatic carbocycles. The molecule has 1 heterocycles. The maximum atomic E-state index is 11.4. The van der Waals surface area contributed by atoms with Crippen molar-refractivity contribution in [1.82, 2.24) is 5.32 Å². The Kier molecular flexibility index (Phi) is 5.28. The number of hydrogen-bond donors (Lipinski definition) is 3. The molecule has 3 N–H and O–H groups in total. The Morgan fingerprint density at radius 1 is 1.56 bits per heavy atom. The summed E-state index contributed by atoms with van der Waals surface area (Å²) in [6, 6.07) is 3.55. The van der Waals surface area contributed by atoms with Gasteiger partial charge >= 0.3 is 6.03 Å². The average Bonchev–Trinajstić information content (AvgIpc) is 2.61. The Morgan fingerprint density at radius 3 is 2.88 bits per heavy atom. The number of aryl methyl sites for hydroxylation is 1. The predicted octanol–water partition coefficient (Wildman–Crippen LogP) is 2.34. The monoisotopic (exact) mass is 242 g/mol. The first-order valence-electron chi connectivity index (χ1n) is 5.41. The van der Waals surface area contributed by atoms with E-state index in [9.17, 15) is 9.90 Å². The Hall–Kier alpha value is -1.07. The summed E-state index contributed by atoms with van der Waals surface area (Å²) in [5.74, 6) is 0. The molecule has 0 unspecified atom stereocenters. The highest BCUT2D eigenvalue weighted by molar-refractivity contribution is 7.16. The van der Waals surface area contributed by atoms with Gasteiger partial charge in [-0.2, -0.15) is 0 Å². The van der Waals surface area contributed by atoms with Crippen LogP contribution in [-0.2, 0) is 0 Å². The van der Waals surface area contributed by atoms with Crippen LogP contribution in [0, 0.1) is 6.92 Å². The lowest BCUT2D eigenvalue weighted by atomic mass is 10.2. The van der Waals surface area contributed by atoms with E-state index < -0.39 is 6.10 Å². The van der Waals surface area contributed by atoms with Crippen molar-refractivity contribution in [3.63, 3.8) is 0 Å². The second-order valence-corrected chi connectivity index (χ2v) is 4.98. The van der Waals surface area contributed by atoms with Gasteiger partial charge in [-0.05, 0) is 25.5 Å². The van der Waals surface area contributed by atoms with Gasteiger partial charge in [0.15, 0.2) is 0 Å². The number of nitrogens with one attached hydrogen (secondary N) is 2. The Morgan fingerprint density at radius 2 is 2.31 bits per heavy atom. The van der Waals surface area contributed by atoms with Gasteiger partial charge in [0, 0.05) is 11.4 Å². The van der Waals surface area contributed by atoms with Gasteiger partial charge in [0.1, 0.15) is 0 Å². The van der Waals surface area contributed by atoms with Gasteiger partial charge in [0.2, 0.25) is 0 Å². The highest BCUT2D eigenvalue weighted by Crippen LogP contribution is 2.20. The molecule has 1 atom stereocenters. The number of anilines is 1. The van der Waals surface area contributed by atoms with Gasteiger partial charge in [-0.25, -0.2) is 4.79 Å². The summed E-state index contributed by atoms with van der Waals surface area (Å²) < 4.78 is 0. The molecule has 0 bridgehead atoms. The van der Waals surface area contributed by atoms with Crippen LogP contribution in [0.1, 0.15) is 24.6 Å². The third-order valence-corrected chi connectivity index (χ3v) is 3.01. The average molecular weight is 242 g/mol. The second kappa shape index (κ2) is 6.50. The fraction of sp³-hybridized carbons (Fsp3) is 0.545. The summed E-state index contributed by atoms with van der Waals surface area (Å²) in [6.45, 7) is 4.28. The summed E-state index contributed by atoms with van der Waals surface area (Å²) in [7, 11) is 0. The van der Waals surface area contributed by atoms with E-state index in [1.54, 1.807) is 0 Å². The maximum absolute atomic E-state index is 11.4. The molecule has 16 heavy (non-hydrogen) atoms. The van der Waals surface area contributed by atoms with Crippen LogP contribution in [0.5, 0.6) is 0 Å². The van der Waals surface area contributed by atoms with Crippen molar-refractivity contribution in [1.29, 1.82) is 0 Å². The molecule has 0 radical (unpaired) electrons. The number of carbonyl (C=O) groups is 1. The Labute approximate surface area is 99.7 Å². The minimum absolute atomic E-state index is 0.267. The van der Waals surface area contributed by atoms with E-state index >= 15 is 0 Å². The second-order valence-electron chi connectivity index (χ2n) is 3.69. The SMILES string of the molecule is CCC[C@@H](O)CNC(=O)Nc1ccc(C)s1. The van der Waals surface area contributed by atoms with E-state index in [4.69, 9.17) is 0 Å². The van der Waals surface area contributed by atoms with Crippen molar-refractivity contribution >= 4 is 22.4 Å². The maximum Gasteiger partial charge on any atom is 0.319 e. The molecular weight excluding hydrogens is 224 g/mol. The highest BCUT2D eigenvalue weighted by Gasteiger charge is 2.06. The van der Waals surface area contributed by atoms with Crippen LogP contribution in [0.3, 0.4) is 0 Å². The molecule has 0 fully saturated rings. The molecule has 1 aromatic rings. The molecule has 90 valence electrons. The fourth-order valence-corrected chi connectivity index (χ4v) is 2.07. The van der Waals surface area contributed by atoms with Gasteiger partial charge in [-0.1, -0.05) is 13.3 Å². The predicted molar refractivity (Wildman–Crippen MR) is 67.0 cm³/mol. The number of carbonyl (C=O) groups excluding carboxylic acids is 1. The first kappa shape index (κ1) is 13.0. The van der Waals surface area contributed by atoms with Gasteiger partial charge < -0.3 is 10.4 Å². The summed E-state index contributed by atoms with van der Waals surface area (Å²) in [5, 5.41) is 15.6. The number of urea groups is 1. The van der Waals surface area contributed by atoms with Crippen molar-refractivity contribution in [3.8, 4) is 0 Å². The number of thiophene rings is 1. The smallest absolute Gasteiger partial charge is 0.319 e. The van der Waals surface area contributed by atoms with Crippen LogP contribution in [0.15, 0.2) is 12.1 Å². The lowest BCUT2D eigenvalue weighted by Gasteiger charge is -2.10. The number of rotatable bonds is 5. The van der Waals surface area contributed by atoms with E-state index in [-0.39, 0.29) is 6.03 Å². The minimum atomic E-state index is -0.458. The van der Waals surface area contributed by atoms with Crippen LogP contribution < -0.4 is 10.6 Å². The van der Waals surface area contributed by atoms with Crippen molar-refractivity contribution in [2.75, 3.05) is 11.9 Å². The molecule has 0 saturated heterocycles. The van der Waals surface area contributed by atoms with Crippen molar-refractivity contribution < 1.29 is 9.90 Å². The number of hydrogen-bond acceptors (Lipinski definition) is 3. The van der Waals surface area contributed by atoms with Gasteiger partial charge in [-0.15, -0.1) is 11.3 Å². The van der Waals surface area contributed by atoms with Crippen LogP contribution in [0.2, 0.25) is 0 Å². The van der Waals surface area contributed by atoms with Crippen molar-refractivity contribution in [3.05, 3.63) is 17.0 Å². The highest BCUT2D eigenvalue weighted by atomic mass is 32.1. The molecule has 0 aliphatic rings. The zero-order valence-corrected chi connectivity index (χ0v) is 10.4. The van der Waals surface area contributed by atoms with Gasteiger partial charge in [-0.3, -0.25) is 5.32 Å². The number of amides is 2. The van der Waals surface area contributed by atoms with Crippen LogP contribution >= 0.6 is 11.3 Å². The molecule has 0 spiro atoms. The minimum Gasteiger partial charge on any atom is -0.391 e. The van der Waals surface area contributed by atoms with Crippen LogP contribution in [0.25, 0.3) is 0 Å². The summed E-state index contributed by atoms with van der Waals surface area (Å²) in [6.07, 6.45) is 1.16. The van der Waals surface area contributed by atoms with Crippen molar-refractivity contribution in [2.45, 2.75) is 32.8 Å². The van der Waals surface area contributed by atoms with Gasteiger partial charge in [0.05, 0.1) is 11.1 Å². The lowest BCUT2D eigenvalue weighted by molar-refractivity contribution is 0.162. The molecule has 1 rings (SSSR count). The first-order chi connectivity index (χ1) is 7.61. The molecule has 2 amide bonds. The van der Waals surface area contributed by atoms with E-state index in [1.165, 1.54) is 11.3 Å². The van der Waals surface area contributed by atoms with E-state index in [1.807, 2.05) is 26.0 Å². The zero-order chi connectivity index (χ0) is 12.0. The molecule has 0 aliphatic heterocycles. The molecule has 1 aromatic heterocycles. The standard InChI is InChI=1S/C11H18N2O2S/c1-3-4-9(14)7-12-11(15)13-10-6-5-8(2)16-10/h5-6,9,14H,3-4,7H2,1-2H3,(H2,12,13,15)/t9-/m1/s1. The summed E-state index contributed by atoms with van der Waals surface area (Å²) >= 11 is 1.53. The third-order valence-electron chi connectivity index (χ3n) is 2.10. The molecule has 0 aliphatic carbocycles. The summed E-state index contributed by atoms with van der Waals surface area (Å²) in [5.41, 5.74) is 0. The van der Waals surface area contributed by atoms with E-state index in [0.717, 1.165) is 16.3 Å². The zero-order valence-electron chi connectivity index (χ0n) is 9.62. The first-order valence-corrected chi connectivity index (χ1v) is 6.22. The largest absolute Gasteiger partial charge is 0.391 e. The molecule has 4 nitrogen and oxygen atoms in total. The topological polar surface area (TPSA) is 61.4 Å². The van der Waals surface area contributed by atoms with Crippen LogP contribution in [0.4, 0.5) is 9.80 Å². The number of aliphatic hydroxyl groups is 1. The van der Waals surface area contributed by atoms with E-state index in [2.05, 4.69) is 10.6 Å². The van der Waals surface area contributed by atoms with Crippen molar-refractivity contribution in [2.24, 2.45) is 0 Å². The molecule has 0 saturated carbocycles.